The third-order valence-electron chi connectivity index (χ3n) is 3.37. The molecule has 0 aliphatic carbocycles. The van der Waals surface area contributed by atoms with Crippen LogP contribution in [0.1, 0.15) is 12.5 Å². The Morgan fingerprint density at radius 1 is 1.29 bits per heavy atom. The topological polar surface area (TPSA) is 32.3 Å². The van der Waals surface area contributed by atoms with Crippen LogP contribution in [0.15, 0.2) is 29.6 Å². The summed E-state index contributed by atoms with van der Waals surface area (Å²) in [5.74, 6) is 0. The number of fused-ring (bicyclic) bond motifs is 1. The maximum absolute atomic E-state index is 13.4. The zero-order valence-corrected chi connectivity index (χ0v) is 12.1. The molecular formula is C14H15F4NOS. The highest BCUT2D eigenvalue weighted by atomic mass is 32.1. The van der Waals surface area contributed by atoms with E-state index in [9.17, 15) is 22.7 Å². The van der Waals surface area contributed by atoms with Gasteiger partial charge in [0.25, 0.3) is 0 Å². The van der Waals surface area contributed by atoms with Crippen LogP contribution in [0.25, 0.3) is 10.1 Å². The van der Waals surface area contributed by atoms with Crippen molar-refractivity contribution in [3.8, 4) is 0 Å². The zero-order chi connectivity index (χ0) is 15.7. The number of likely N-dealkylation sites (N-methyl/N-ethyl adjacent to an activating group) is 1. The van der Waals surface area contributed by atoms with Gasteiger partial charge < -0.3 is 10.4 Å². The van der Waals surface area contributed by atoms with Crippen LogP contribution in [0.4, 0.5) is 17.6 Å². The lowest BCUT2D eigenvalue weighted by atomic mass is 9.86. The Balaban J connectivity index is 2.51. The van der Waals surface area contributed by atoms with Gasteiger partial charge in [0.1, 0.15) is 18.3 Å². The van der Waals surface area contributed by atoms with E-state index in [-0.39, 0.29) is 12.1 Å². The molecule has 1 aromatic heterocycles. The third kappa shape index (κ3) is 3.04. The smallest absolute Gasteiger partial charge is 0.380 e. The summed E-state index contributed by atoms with van der Waals surface area (Å²) in [6.45, 7) is -0.0886. The predicted octanol–water partition coefficient (Wildman–Crippen LogP) is 3.60. The molecule has 0 bridgehead atoms. The van der Waals surface area contributed by atoms with Gasteiger partial charge in [0.05, 0.1) is 0 Å². The van der Waals surface area contributed by atoms with E-state index in [0.717, 1.165) is 5.39 Å². The molecule has 0 amide bonds. The molecule has 0 saturated heterocycles. The van der Waals surface area contributed by atoms with Gasteiger partial charge in [0.2, 0.25) is 0 Å². The molecule has 116 valence electrons. The number of rotatable bonds is 5. The summed E-state index contributed by atoms with van der Waals surface area (Å²) in [6.07, 6.45) is -4.76. The van der Waals surface area contributed by atoms with Crippen LogP contribution in [0, 0.1) is 0 Å². The first-order valence-corrected chi connectivity index (χ1v) is 7.27. The number of hydrogen-bond donors (Lipinski definition) is 2. The Hall–Kier alpha value is -1.18. The molecule has 1 aromatic carbocycles. The van der Waals surface area contributed by atoms with E-state index < -0.39 is 24.5 Å². The van der Waals surface area contributed by atoms with Crippen LogP contribution in [0.5, 0.6) is 0 Å². The molecule has 21 heavy (non-hydrogen) atoms. The van der Waals surface area contributed by atoms with Crippen molar-refractivity contribution in [1.82, 2.24) is 5.32 Å². The second-order valence-electron chi connectivity index (χ2n) is 4.76. The SMILES string of the molecule is CCNC(C(F)(F)F)C(O)(CF)c1ccc2ccsc2c1. The first-order chi connectivity index (χ1) is 9.82. The standard InChI is InChI=1S/C14H15F4NOS/c1-2-19-12(14(16,17)18)13(20,8-15)10-4-3-9-5-6-21-11(9)7-10/h3-7,12,19-20H,2,8H2,1H3. The van der Waals surface area contributed by atoms with E-state index in [0.29, 0.717) is 4.70 Å². The summed E-state index contributed by atoms with van der Waals surface area (Å²) in [5.41, 5.74) is -2.73. The first-order valence-electron chi connectivity index (χ1n) is 6.39. The molecule has 2 unspecified atom stereocenters. The molecule has 2 atom stereocenters. The average molecular weight is 321 g/mol. The molecule has 2 nitrogen and oxygen atoms in total. The molecule has 2 rings (SSSR count). The Labute approximate surface area is 123 Å². The van der Waals surface area contributed by atoms with Gasteiger partial charge in [-0.1, -0.05) is 19.1 Å². The summed E-state index contributed by atoms with van der Waals surface area (Å²) in [7, 11) is 0. The van der Waals surface area contributed by atoms with E-state index >= 15 is 0 Å². The van der Waals surface area contributed by atoms with Gasteiger partial charge in [-0.3, -0.25) is 0 Å². The van der Waals surface area contributed by atoms with Gasteiger partial charge >= 0.3 is 6.18 Å². The van der Waals surface area contributed by atoms with Crippen molar-refractivity contribution in [1.29, 1.82) is 0 Å². The number of benzene rings is 1. The monoisotopic (exact) mass is 321 g/mol. The van der Waals surface area contributed by atoms with Crippen molar-refractivity contribution in [2.45, 2.75) is 24.7 Å². The van der Waals surface area contributed by atoms with E-state index in [2.05, 4.69) is 5.32 Å². The highest BCUT2D eigenvalue weighted by Crippen LogP contribution is 2.37. The van der Waals surface area contributed by atoms with E-state index in [1.165, 1.54) is 30.4 Å². The molecule has 0 saturated carbocycles. The molecule has 0 fully saturated rings. The lowest BCUT2D eigenvalue weighted by Crippen LogP contribution is -2.58. The van der Waals surface area contributed by atoms with Gasteiger partial charge in [-0.05, 0) is 35.0 Å². The number of hydrogen-bond acceptors (Lipinski definition) is 3. The minimum atomic E-state index is -4.76. The summed E-state index contributed by atoms with van der Waals surface area (Å²) >= 11 is 1.33. The van der Waals surface area contributed by atoms with Crippen LogP contribution in [-0.4, -0.2) is 30.5 Å². The molecule has 0 aliphatic rings. The number of alkyl halides is 4. The second kappa shape index (κ2) is 5.90. The summed E-state index contributed by atoms with van der Waals surface area (Å²) in [4.78, 5) is 0. The minimum absolute atomic E-state index is 0.0340. The van der Waals surface area contributed by atoms with Crippen LogP contribution in [0.2, 0.25) is 0 Å². The maximum Gasteiger partial charge on any atom is 0.407 e. The maximum atomic E-state index is 13.4. The normalized spacial score (nSPS) is 16.9. The van der Waals surface area contributed by atoms with Crippen molar-refractivity contribution >= 4 is 21.4 Å². The minimum Gasteiger partial charge on any atom is -0.380 e. The summed E-state index contributed by atoms with van der Waals surface area (Å²) < 4.78 is 53.5. The molecule has 2 N–H and O–H groups in total. The Kier molecular flexibility index (Phi) is 4.55. The van der Waals surface area contributed by atoms with Crippen molar-refractivity contribution in [3.63, 3.8) is 0 Å². The van der Waals surface area contributed by atoms with Gasteiger partial charge in [-0.2, -0.15) is 13.2 Å². The van der Waals surface area contributed by atoms with Crippen LogP contribution < -0.4 is 5.32 Å². The molecule has 0 aliphatic heterocycles. The highest BCUT2D eigenvalue weighted by Gasteiger charge is 2.53. The quantitative estimate of drug-likeness (QED) is 0.825. The molecular weight excluding hydrogens is 306 g/mol. The van der Waals surface area contributed by atoms with Gasteiger partial charge in [-0.25, -0.2) is 4.39 Å². The molecule has 1 heterocycles. The fourth-order valence-electron chi connectivity index (χ4n) is 2.30. The summed E-state index contributed by atoms with van der Waals surface area (Å²) in [6, 6.07) is 3.78. The van der Waals surface area contributed by atoms with Crippen LogP contribution in [0.3, 0.4) is 0 Å². The van der Waals surface area contributed by atoms with Crippen LogP contribution in [-0.2, 0) is 5.60 Å². The van der Waals surface area contributed by atoms with Gasteiger partial charge in [0, 0.05) is 4.70 Å². The van der Waals surface area contributed by atoms with Crippen molar-refractivity contribution in [2.75, 3.05) is 13.2 Å². The molecule has 2 aromatic rings. The lowest BCUT2D eigenvalue weighted by molar-refractivity contribution is -0.208. The van der Waals surface area contributed by atoms with Crippen molar-refractivity contribution < 1.29 is 22.7 Å². The Morgan fingerprint density at radius 2 is 2.00 bits per heavy atom. The molecule has 0 radical (unpaired) electrons. The number of aliphatic hydroxyl groups is 1. The molecule has 7 heteroatoms. The number of nitrogens with one attached hydrogen (secondary N) is 1. The van der Waals surface area contributed by atoms with E-state index in [1.807, 2.05) is 6.07 Å². The lowest BCUT2D eigenvalue weighted by Gasteiger charge is -2.36. The second-order valence-corrected chi connectivity index (χ2v) is 5.71. The van der Waals surface area contributed by atoms with Gasteiger partial charge in [0.15, 0.2) is 0 Å². The average Bonchev–Trinajstić information content (AvgIpc) is 2.90. The van der Waals surface area contributed by atoms with Gasteiger partial charge in [-0.15, -0.1) is 11.3 Å². The zero-order valence-electron chi connectivity index (χ0n) is 11.2. The third-order valence-corrected chi connectivity index (χ3v) is 4.25. The Morgan fingerprint density at radius 3 is 2.57 bits per heavy atom. The predicted molar refractivity (Wildman–Crippen MR) is 75.2 cm³/mol. The summed E-state index contributed by atoms with van der Waals surface area (Å²) in [5, 5.41) is 15.1. The molecule has 0 spiro atoms. The highest BCUT2D eigenvalue weighted by molar-refractivity contribution is 7.17. The largest absolute Gasteiger partial charge is 0.407 e. The first kappa shape index (κ1) is 16.2. The number of thiophene rings is 1. The van der Waals surface area contributed by atoms with Crippen molar-refractivity contribution in [3.05, 3.63) is 35.2 Å². The van der Waals surface area contributed by atoms with E-state index in [1.54, 1.807) is 11.4 Å². The van der Waals surface area contributed by atoms with Crippen LogP contribution >= 0.6 is 11.3 Å². The van der Waals surface area contributed by atoms with E-state index in [4.69, 9.17) is 0 Å². The Bertz CT molecular complexity index is 612. The fourth-order valence-corrected chi connectivity index (χ4v) is 3.13. The number of halogens is 4. The fraction of sp³-hybridized carbons (Fsp3) is 0.429. The van der Waals surface area contributed by atoms with Crippen molar-refractivity contribution in [2.24, 2.45) is 0 Å².